The molecule has 1 fully saturated rings. The molecule has 0 aromatic rings. The zero-order chi connectivity index (χ0) is 16.6. The molecule has 0 aromatic heterocycles. The molecular formula is C15H28BNO4. The Hall–Kier alpha value is -1.01. The molecule has 1 atom stereocenters. The highest BCUT2D eigenvalue weighted by atomic mass is 16.7. The zero-order valence-electron chi connectivity index (χ0n) is 14.5. The molecule has 0 unspecified atom stereocenters. The summed E-state index contributed by atoms with van der Waals surface area (Å²) < 4.78 is 17.1. The summed E-state index contributed by atoms with van der Waals surface area (Å²) in [6, 6.07) is -0.311. The number of alkyl carbamates (subject to hydrolysis) is 1. The normalized spacial score (nSPS) is 21.8. The Morgan fingerprint density at radius 3 is 2.00 bits per heavy atom. The molecule has 0 bridgehead atoms. The van der Waals surface area contributed by atoms with Gasteiger partial charge in [0.25, 0.3) is 0 Å². The molecule has 1 aliphatic rings. The van der Waals surface area contributed by atoms with E-state index >= 15 is 0 Å². The largest absolute Gasteiger partial charge is 0.492 e. The molecule has 1 amide bonds. The number of hydrogen-bond donors (Lipinski definition) is 1. The predicted molar refractivity (Wildman–Crippen MR) is 84.1 cm³/mol. The molecule has 0 saturated carbocycles. The fourth-order valence-corrected chi connectivity index (χ4v) is 1.78. The fraction of sp³-hybridized carbons (Fsp3) is 0.800. The lowest BCUT2D eigenvalue weighted by Gasteiger charge is -2.32. The average molecular weight is 297 g/mol. The van der Waals surface area contributed by atoms with Crippen molar-refractivity contribution in [2.24, 2.45) is 0 Å². The smallest absolute Gasteiger partial charge is 0.444 e. The van der Waals surface area contributed by atoms with Gasteiger partial charge >= 0.3 is 13.2 Å². The average Bonchev–Trinajstić information content (AvgIpc) is 2.43. The van der Waals surface area contributed by atoms with Gasteiger partial charge in [0.05, 0.1) is 11.2 Å². The first-order valence-electron chi connectivity index (χ1n) is 7.29. The molecule has 1 aliphatic heterocycles. The van der Waals surface area contributed by atoms with Crippen LogP contribution in [0.4, 0.5) is 4.79 Å². The van der Waals surface area contributed by atoms with E-state index in [2.05, 4.69) is 11.9 Å². The van der Waals surface area contributed by atoms with Crippen molar-refractivity contribution in [2.45, 2.75) is 78.2 Å². The molecule has 5 nitrogen and oxygen atoms in total. The van der Waals surface area contributed by atoms with Crippen LogP contribution in [0.3, 0.4) is 0 Å². The topological polar surface area (TPSA) is 56.8 Å². The lowest BCUT2D eigenvalue weighted by molar-refractivity contribution is 0.00578. The van der Waals surface area contributed by atoms with Gasteiger partial charge in [-0.15, -0.1) is 6.58 Å². The summed E-state index contributed by atoms with van der Waals surface area (Å²) in [5, 5.41) is 2.75. The van der Waals surface area contributed by atoms with Crippen LogP contribution >= 0.6 is 0 Å². The SMILES string of the molecule is C=C(B1OC(C)(C)C(C)(C)O1)[C@H](C)NC(=O)OC(C)(C)C. The number of rotatable bonds is 3. The molecule has 120 valence electrons. The first-order chi connectivity index (χ1) is 9.25. The Morgan fingerprint density at radius 1 is 1.19 bits per heavy atom. The van der Waals surface area contributed by atoms with Crippen LogP contribution in [0, 0.1) is 0 Å². The van der Waals surface area contributed by atoms with Crippen LogP contribution in [-0.2, 0) is 14.0 Å². The van der Waals surface area contributed by atoms with Crippen LogP contribution in [-0.4, -0.2) is 36.1 Å². The predicted octanol–water partition coefficient (Wildman–Crippen LogP) is 3.09. The highest BCUT2D eigenvalue weighted by Crippen LogP contribution is 2.38. The fourth-order valence-electron chi connectivity index (χ4n) is 1.78. The van der Waals surface area contributed by atoms with Crippen LogP contribution in [0.15, 0.2) is 12.1 Å². The number of carbonyl (C=O) groups is 1. The van der Waals surface area contributed by atoms with Crippen molar-refractivity contribution >= 4 is 13.2 Å². The van der Waals surface area contributed by atoms with E-state index in [1.807, 2.05) is 55.4 Å². The van der Waals surface area contributed by atoms with E-state index in [1.54, 1.807) is 0 Å². The quantitative estimate of drug-likeness (QED) is 0.813. The first-order valence-corrected chi connectivity index (χ1v) is 7.29. The second-order valence-electron chi connectivity index (χ2n) is 7.53. The van der Waals surface area contributed by atoms with Crippen LogP contribution in [0.25, 0.3) is 0 Å². The van der Waals surface area contributed by atoms with Gasteiger partial charge in [-0.05, 0) is 60.9 Å². The van der Waals surface area contributed by atoms with E-state index in [9.17, 15) is 4.79 Å². The second-order valence-corrected chi connectivity index (χ2v) is 7.53. The van der Waals surface area contributed by atoms with Gasteiger partial charge in [-0.3, -0.25) is 0 Å². The van der Waals surface area contributed by atoms with E-state index in [4.69, 9.17) is 14.0 Å². The molecule has 6 heteroatoms. The summed E-state index contributed by atoms with van der Waals surface area (Å²) in [6.07, 6.45) is -0.479. The minimum atomic E-state index is -0.542. The van der Waals surface area contributed by atoms with Crippen LogP contribution < -0.4 is 5.32 Å². The summed E-state index contributed by atoms with van der Waals surface area (Å²) in [7, 11) is -0.542. The molecule has 1 saturated heterocycles. The van der Waals surface area contributed by atoms with Crippen molar-refractivity contribution in [1.82, 2.24) is 5.32 Å². The van der Waals surface area contributed by atoms with Gasteiger partial charge in [0.15, 0.2) is 0 Å². The monoisotopic (exact) mass is 297 g/mol. The van der Waals surface area contributed by atoms with Crippen LogP contribution in [0.5, 0.6) is 0 Å². The lowest BCUT2D eigenvalue weighted by atomic mass is 9.75. The molecule has 0 radical (unpaired) electrons. The first kappa shape index (κ1) is 18.0. The third-order valence-corrected chi connectivity index (χ3v) is 3.85. The van der Waals surface area contributed by atoms with E-state index in [0.717, 1.165) is 0 Å². The maximum Gasteiger partial charge on any atom is 0.492 e. The molecule has 1 heterocycles. The molecule has 21 heavy (non-hydrogen) atoms. The number of carbonyl (C=O) groups excluding carboxylic acids is 1. The Bertz CT molecular complexity index is 410. The standard InChI is InChI=1S/C15H28BNO4/c1-10(11(2)17-12(18)19-13(3,4)5)16-20-14(6,7)15(8,9)21-16/h11H,1H2,2-9H3,(H,17,18)/t11-/m0/s1. The van der Waals surface area contributed by atoms with Crippen molar-refractivity contribution < 1.29 is 18.8 Å². The Kier molecular flexibility index (Phi) is 4.85. The highest BCUT2D eigenvalue weighted by Gasteiger charge is 2.52. The van der Waals surface area contributed by atoms with Gasteiger partial charge in [0.2, 0.25) is 0 Å². The van der Waals surface area contributed by atoms with E-state index < -0.39 is 30.0 Å². The molecule has 0 aliphatic carbocycles. The third-order valence-electron chi connectivity index (χ3n) is 3.85. The van der Waals surface area contributed by atoms with Crippen molar-refractivity contribution in [1.29, 1.82) is 0 Å². The Labute approximate surface area is 128 Å². The molecule has 0 spiro atoms. The van der Waals surface area contributed by atoms with E-state index in [0.29, 0.717) is 5.47 Å². The van der Waals surface area contributed by atoms with Crippen LogP contribution in [0.2, 0.25) is 0 Å². The van der Waals surface area contributed by atoms with Crippen molar-refractivity contribution in [3.05, 3.63) is 12.1 Å². The molecule has 0 aromatic carbocycles. The minimum absolute atomic E-state index is 0.311. The third kappa shape index (κ3) is 4.48. The zero-order valence-corrected chi connectivity index (χ0v) is 14.5. The van der Waals surface area contributed by atoms with Crippen molar-refractivity contribution in [2.75, 3.05) is 0 Å². The number of nitrogens with one attached hydrogen (secondary N) is 1. The van der Waals surface area contributed by atoms with Gasteiger partial charge in [0, 0.05) is 6.04 Å². The van der Waals surface area contributed by atoms with Gasteiger partial charge in [0.1, 0.15) is 5.60 Å². The molecular weight excluding hydrogens is 269 g/mol. The van der Waals surface area contributed by atoms with Crippen molar-refractivity contribution in [3.63, 3.8) is 0 Å². The van der Waals surface area contributed by atoms with E-state index in [-0.39, 0.29) is 6.04 Å². The summed E-state index contributed by atoms with van der Waals surface area (Å²) in [6.45, 7) is 19.2. The molecule has 1 N–H and O–H groups in total. The van der Waals surface area contributed by atoms with E-state index in [1.165, 1.54) is 0 Å². The van der Waals surface area contributed by atoms with Gasteiger partial charge in [-0.25, -0.2) is 4.79 Å². The highest BCUT2D eigenvalue weighted by molar-refractivity contribution is 6.54. The lowest BCUT2D eigenvalue weighted by Crippen LogP contribution is -2.42. The van der Waals surface area contributed by atoms with Gasteiger partial charge in [-0.2, -0.15) is 0 Å². The second kappa shape index (κ2) is 5.65. The van der Waals surface area contributed by atoms with Crippen LogP contribution in [0.1, 0.15) is 55.4 Å². The van der Waals surface area contributed by atoms with Gasteiger partial charge < -0.3 is 19.4 Å². The summed E-state index contributed by atoms with van der Waals surface area (Å²) >= 11 is 0. The summed E-state index contributed by atoms with van der Waals surface area (Å²) in [4.78, 5) is 11.8. The minimum Gasteiger partial charge on any atom is -0.444 e. The summed E-state index contributed by atoms with van der Waals surface area (Å²) in [5.41, 5.74) is -0.715. The maximum absolute atomic E-state index is 11.8. The van der Waals surface area contributed by atoms with Gasteiger partial charge in [-0.1, -0.05) is 0 Å². The Morgan fingerprint density at radius 2 is 1.62 bits per heavy atom. The maximum atomic E-state index is 11.8. The van der Waals surface area contributed by atoms with Crippen molar-refractivity contribution in [3.8, 4) is 0 Å². The number of amides is 1. The Balaban J connectivity index is 2.63. The summed E-state index contributed by atoms with van der Waals surface area (Å²) in [5.74, 6) is 0. The number of ether oxygens (including phenoxy) is 1. The number of hydrogen-bond acceptors (Lipinski definition) is 4. The molecule has 1 rings (SSSR count).